The van der Waals surface area contributed by atoms with Crippen molar-refractivity contribution < 1.29 is 4.90 Å². The topological polar surface area (TPSA) is 40.1 Å². The van der Waals surface area contributed by atoms with Gasteiger partial charge in [0.15, 0.2) is 12.5 Å². The second-order valence-electron chi connectivity index (χ2n) is 7.26. The summed E-state index contributed by atoms with van der Waals surface area (Å²) in [6, 6.07) is 4.79. The number of fused-ring (bicyclic) bond motifs is 1. The summed E-state index contributed by atoms with van der Waals surface area (Å²) in [7, 11) is 2.01. The summed E-state index contributed by atoms with van der Waals surface area (Å²) in [5.74, 6) is 1.85. The van der Waals surface area contributed by atoms with Gasteiger partial charge in [-0.2, -0.15) is 4.68 Å². The van der Waals surface area contributed by atoms with Crippen LogP contribution < -0.4 is 4.90 Å². The Morgan fingerprint density at radius 1 is 1.17 bits per heavy atom. The van der Waals surface area contributed by atoms with Crippen LogP contribution in [0.5, 0.6) is 0 Å². The third-order valence-corrected chi connectivity index (χ3v) is 6.32. The normalized spacial score (nSPS) is 27.0. The van der Waals surface area contributed by atoms with Crippen molar-refractivity contribution in [2.75, 3.05) is 6.54 Å². The zero-order valence-electron chi connectivity index (χ0n) is 14.3. The van der Waals surface area contributed by atoms with Crippen molar-refractivity contribution in [2.24, 2.45) is 13.0 Å². The van der Waals surface area contributed by atoms with Crippen LogP contribution in [0.15, 0.2) is 24.5 Å². The van der Waals surface area contributed by atoms with Crippen molar-refractivity contribution in [3.63, 3.8) is 0 Å². The number of nitrogens with zero attached hydrogens (tertiary/aromatic N) is 4. The molecule has 0 bridgehead atoms. The molecule has 3 atom stereocenters. The Labute approximate surface area is 148 Å². The molecule has 0 amide bonds. The average Bonchev–Trinajstić information content (AvgIpc) is 2.91. The molecule has 2 aromatic rings. The molecule has 24 heavy (non-hydrogen) atoms. The molecule has 128 valence electrons. The van der Waals surface area contributed by atoms with Gasteiger partial charge in [-0.3, -0.25) is 4.98 Å². The molecule has 2 fully saturated rings. The molecule has 5 nitrogen and oxygen atoms in total. The highest BCUT2D eigenvalue weighted by molar-refractivity contribution is 7.71. The van der Waals surface area contributed by atoms with Crippen LogP contribution in [0.3, 0.4) is 0 Å². The largest absolute Gasteiger partial charge is 0.314 e. The molecule has 2 aromatic heterocycles. The van der Waals surface area contributed by atoms with E-state index in [1.165, 1.54) is 45.1 Å². The van der Waals surface area contributed by atoms with Gasteiger partial charge in [0.1, 0.15) is 0 Å². The molecule has 1 saturated carbocycles. The Morgan fingerprint density at radius 2 is 1.92 bits per heavy atom. The van der Waals surface area contributed by atoms with Crippen molar-refractivity contribution >= 4 is 12.2 Å². The Hall–Kier alpha value is -1.53. The fourth-order valence-corrected chi connectivity index (χ4v) is 4.79. The first-order valence-corrected chi connectivity index (χ1v) is 9.53. The van der Waals surface area contributed by atoms with E-state index in [0.717, 1.165) is 34.8 Å². The smallest absolute Gasteiger partial charge is 0.202 e. The number of quaternary nitrogens is 1. The number of pyridine rings is 1. The van der Waals surface area contributed by atoms with Gasteiger partial charge >= 0.3 is 0 Å². The predicted molar refractivity (Wildman–Crippen MR) is 96.1 cm³/mol. The molecule has 1 saturated heterocycles. The van der Waals surface area contributed by atoms with Gasteiger partial charge in [0.2, 0.25) is 4.77 Å². The number of nitrogens with one attached hydrogen (secondary N) is 1. The zero-order chi connectivity index (χ0) is 16.5. The van der Waals surface area contributed by atoms with Crippen molar-refractivity contribution in [3.05, 3.63) is 29.3 Å². The zero-order valence-corrected chi connectivity index (χ0v) is 15.1. The third-order valence-electron chi connectivity index (χ3n) is 5.84. The standard InChI is InChI=1S/C18H25N5S/c1-21-17(15-8-10-19-11-9-15)20-23(18(21)24)13-22-12-4-6-14-5-2-3-7-16(14)22/h8-11,14,16H,2-7,12-13H2,1H3/p+1/t14-,16+/m1/s1. The first kappa shape index (κ1) is 16.0. The molecular formula is C18H26N5S+. The lowest BCUT2D eigenvalue weighted by molar-refractivity contribution is -0.958. The number of aromatic nitrogens is 4. The molecule has 1 unspecified atom stereocenters. The van der Waals surface area contributed by atoms with Crippen LogP contribution in [0.25, 0.3) is 11.4 Å². The molecule has 3 heterocycles. The summed E-state index contributed by atoms with van der Waals surface area (Å²) >= 11 is 5.66. The van der Waals surface area contributed by atoms with Crippen LogP contribution in [0.4, 0.5) is 0 Å². The van der Waals surface area contributed by atoms with Crippen LogP contribution >= 0.6 is 12.2 Å². The summed E-state index contributed by atoms with van der Waals surface area (Å²) in [6.07, 6.45) is 12.0. The maximum Gasteiger partial charge on any atom is 0.202 e. The molecule has 6 heteroatoms. The summed E-state index contributed by atoms with van der Waals surface area (Å²) < 4.78 is 4.87. The Morgan fingerprint density at radius 3 is 2.75 bits per heavy atom. The van der Waals surface area contributed by atoms with E-state index >= 15 is 0 Å². The maximum atomic E-state index is 5.66. The van der Waals surface area contributed by atoms with Gasteiger partial charge in [-0.15, -0.1) is 5.10 Å². The van der Waals surface area contributed by atoms with Crippen LogP contribution in [-0.4, -0.2) is 31.9 Å². The van der Waals surface area contributed by atoms with E-state index in [9.17, 15) is 0 Å². The van der Waals surface area contributed by atoms with Gasteiger partial charge in [-0.25, -0.2) is 0 Å². The summed E-state index contributed by atoms with van der Waals surface area (Å²) in [4.78, 5) is 5.78. The molecule has 0 aromatic carbocycles. The second kappa shape index (κ2) is 6.76. The molecular weight excluding hydrogens is 318 g/mol. The molecule has 1 aliphatic carbocycles. The Kier molecular flexibility index (Phi) is 4.50. The molecule has 0 radical (unpaired) electrons. The Balaban J connectivity index is 1.60. The van der Waals surface area contributed by atoms with E-state index < -0.39 is 0 Å². The van der Waals surface area contributed by atoms with Gasteiger partial charge in [0.05, 0.1) is 12.6 Å². The fraction of sp³-hybridized carbons (Fsp3) is 0.611. The second-order valence-corrected chi connectivity index (χ2v) is 7.63. The first-order valence-electron chi connectivity index (χ1n) is 9.13. The molecule has 2 aliphatic rings. The van der Waals surface area contributed by atoms with Crippen LogP contribution in [0.1, 0.15) is 38.5 Å². The maximum absolute atomic E-state index is 5.66. The highest BCUT2D eigenvalue weighted by atomic mass is 32.1. The fourth-order valence-electron chi connectivity index (χ4n) is 4.60. The Bertz CT molecular complexity index is 749. The van der Waals surface area contributed by atoms with Crippen LogP contribution in [0.2, 0.25) is 0 Å². The summed E-state index contributed by atoms with van der Waals surface area (Å²) in [6.45, 7) is 2.16. The van der Waals surface area contributed by atoms with E-state index in [-0.39, 0.29) is 0 Å². The predicted octanol–water partition coefficient (Wildman–Crippen LogP) is 2.21. The van der Waals surface area contributed by atoms with Gasteiger partial charge in [-0.05, 0) is 56.5 Å². The lowest BCUT2D eigenvalue weighted by Crippen LogP contribution is -3.17. The average molecular weight is 345 g/mol. The third kappa shape index (κ3) is 2.93. The van der Waals surface area contributed by atoms with Crippen molar-refractivity contribution in [3.8, 4) is 11.4 Å². The summed E-state index contributed by atoms with van der Waals surface area (Å²) in [5, 5.41) is 4.84. The molecule has 1 N–H and O–H groups in total. The highest BCUT2D eigenvalue weighted by Gasteiger charge is 2.36. The lowest BCUT2D eigenvalue weighted by Gasteiger charge is -2.40. The van der Waals surface area contributed by atoms with Crippen LogP contribution in [0, 0.1) is 10.7 Å². The lowest BCUT2D eigenvalue weighted by atomic mass is 9.78. The van der Waals surface area contributed by atoms with E-state index in [1.807, 2.05) is 28.4 Å². The first-order chi connectivity index (χ1) is 11.7. The minimum atomic E-state index is 0.806. The molecule has 0 spiro atoms. The van der Waals surface area contributed by atoms with Gasteiger partial charge in [0.25, 0.3) is 0 Å². The minimum Gasteiger partial charge on any atom is -0.314 e. The van der Waals surface area contributed by atoms with Crippen molar-refractivity contribution in [2.45, 2.75) is 51.2 Å². The number of rotatable bonds is 3. The minimum absolute atomic E-state index is 0.806. The van der Waals surface area contributed by atoms with E-state index in [0.29, 0.717) is 0 Å². The monoisotopic (exact) mass is 344 g/mol. The number of hydrogen-bond acceptors (Lipinski definition) is 3. The molecule has 4 rings (SSSR count). The van der Waals surface area contributed by atoms with Gasteiger partial charge in [-0.1, -0.05) is 6.42 Å². The van der Waals surface area contributed by atoms with Gasteiger partial charge in [0, 0.05) is 30.9 Å². The molecule has 1 aliphatic heterocycles. The number of hydrogen-bond donors (Lipinski definition) is 1. The SMILES string of the molecule is Cn1c(-c2ccncc2)nn(C[NH+]2CCC[C@H]3CCCC[C@@H]32)c1=S. The van der Waals surface area contributed by atoms with E-state index in [4.69, 9.17) is 17.3 Å². The quantitative estimate of drug-likeness (QED) is 0.868. The van der Waals surface area contributed by atoms with E-state index in [1.54, 1.807) is 17.3 Å². The van der Waals surface area contributed by atoms with Crippen molar-refractivity contribution in [1.82, 2.24) is 19.3 Å². The summed E-state index contributed by atoms with van der Waals surface area (Å²) in [5.41, 5.74) is 1.07. The highest BCUT2D eigenvalue weighted by Crippen LogP contribution is 2.28. The number of likely N-dealkylation sites (tertiary alicyclic amines) is 1. The van der Waals surface area contributed by atoms with Crippen LogP contribution in [-0.2, 0) is 13.7 Å². The van der Waals surface area contributed by atoms with E-state index in [2.05, 4.69) is 4.98 Å². The number of piperidine rings is 1. The van der Waals surface area contributed by atoms with Gasteiger partial charge < -0.3 is 9.47 Å². The van der Waals surface area contributed by atoms with Crippen molar-refractivity contribution in [1.29, 1.82) is 0 Å².